The van der Waals surface area contributed by atoms with Crippen molar-refractivity contribution in [3.8, 4) is 0 Å². The number of H-pyrrole nitrogens is 2. The summed E-state index contributed by atoms with van der Waals surface area (Å²) in [7, 11) is 0. The van der Waals surface area contributed by atoms with Crippen molar-refractivity contribution >= 4 is 22.7 Å². The Balaban J connectivity index is 1.33. The van der Waals surface area contributed by atoms with Crippen molar-refractivity contribution in [2.24, 2.45) is 0 Å². The van der Waals surface area contributed by atoms with E-state index in [4.69, 9.17) is 0 Å². The summed E-state index contributed by atoms with van der Waals surface area (Å²) in [5, 5.41) is 1.18. The maximum atomic E-state index is 13.1. The van der Waals surface area contributed by atoms with Crippen molar-refractivity contribution in [3.05, 3.63) is 52.6 Å². The number of hydrogen-bond acceptors (Lipinski definition) is 3. The van der Waals surface area contributed by atoms with Gasteiger partial charge in [-0.15, -0.1) is 0 Å². The zero-order valence-electron chi connectivity index (χ0n) is 16.0. The monoisotopic (exact) mass is 376 g/mol. The smallest absolute Gasteiger partial charge is 0.270 e. The van der Waals surface area contributed by atoms with Crippen LogP contribution in [0.1, 0.15) is 69.3 Å². The average Bonchev–Trinajstić information content (AvgIpc) is 3.30. The molecule has 2 aliphatic rings. The zero-order chi connectivity index (χ0) is 19.3. The van der Waals surface area contributed by atoms with Crippen LogP contribution in [0.25, 0.3) is 11.0 Å². The van der Waals surface area contributed by atoms with E-state index >= 15 is 0 Å². The van der Waals surface area contributed by atoms with Crippen LogP contribution in [-0.4, -0.2) is 44.6 Å². The second-order valence-electron chi connectivity index (χ2n) is 7.97. The maximum Gasteiger partial charge on any atom is 0.270 e. The van der Waals surface area contributed by atoms with Crippen LogP contribution in [0.5, 0.6) is 0 Å². The van der Waals surface area contributed by atoms with E-state index in [1.807, 2.05) is 17.9 Å². The molecule has 1 fully saturated rings. The third kappa shape index (κ3) is 2.66. The number of ketones is 1. The van der Waals surface area contributed by atoms with Crippen LogP contribution >= 0.6 is 0 Å². The molecule has 0 saturated carbocycles. The summed E-state index contributed by atoms with van der Waals surface area (Å²) >= 11 is 0. The fourth-order valence-corrected chi connectivity index (χ4v) is 4.85. The van der Waals surface area contributed by atoms with Gasteiger partial charge in [-0.05, 0) is 61.8 Å². The van der Waals surface area contributed by atoms with Gasteiger partial charge in [0.2, 0.25) is 0 Å². The summed E-state index contributed by atoms with van der Waals surface area (Å²) in [5.41, 5.74) is 5.36. The minimum absolute atomic E-state index is 0.0266. The number of rotatable bonds is 2. The van der Waals surface area contributed by atoms with E-state index in [2.05, 4.69) is 27.2 Å². The van der Waals surface area contributed by atoms with Gasteiger partial charge < -0.3 is 14.9 Å². The number of aryl methyl sites for hydroxylation is 1. The Hall–Kier alpha value is -2.89. The lowest BCUT2D eigenvalue weighted by atomic mass is 9.89. The number of carbonyl (C=O) groups excluding carboxylic acids is 2. The number of Topliss-reactive ketones (excluding diaryl/α,β-unsaturated/α-hetero) is 1. The Morgan fingerprint density at radius 3 is 2.86 bits per heavy atom. The molecular formula is C22H24N4O2. The zero-order valence-corrected chi connectivity index (χ0v) is 16.0. The SMILES string of the molecule is Cc1c(C(=O)N2CCC(c3c[nH]c4ncccc34)CC2)[nH]c2c1C(=O)CCC2. The molecule has 3 aromatic rings. The van der Waals surface area contributed by atoms with Gasteiger partial charge in [0.15, 0.2) is 5.78 Å². The average molecular weight is 376 g/mol. The van der Waals surface area contributed by atoms with Gasteiger partial charge in [-0.25, -0.2) is 4.98 Å². The van der Waals surface area contributed by atoms with Gasteiger partial charge in [-0.3, -0.25) is 9.59 Å². The number of hydrogen-bond donors (Lipinski definition) is 2. The van der Waals surface area contributed by atoms with Crippen molar-refractivity contribution in [1.29, 1.82) is 0 Å². The number of nitrogens with one attached hydrogen (secondary N) is 2. The van der Waals surface area contributed by atoms with Crippen LogP contribution in [-0.2, 0) is 6.42 Å². The molecule has 1 saturated heterocycles. The first-order chi connectivity index (χ1) is 13.6. The standard InChI is InChI=1S/C22H24N4O2/c1-13-19-17(5-2-6-18(19)27)25-20(13)22(28)26-10-7-14(8-11-26)16-12-24-21-15(16)4-3-9-23-21/h3-4,9,12,14,25H,2,5-8,10-11H2,1H3,(H,23,24). The first-order valence-corrected chi connectivity index (χ1v) is 10.1. The lowest BCUT2D eigenvalue weighted by Crippen LogP contribution is -2.38. The lowest BCUT2D eigenvalue weighted by molar-refractivity contribution is 0.0707. The van der Waals surface area contributed by atoms with Crippen LogP contribution in [0.4, 0.5) is 0 Å². The first-order valence-electron chi connectivity index (χ1n) is 10.1. The summed E-state index contributed by atoms with van der Waals surface area (Å²) in [6.45, 7) is 3.36. The molecule has 5 rings (SSSR count). The Labute approximate surface area is 163 Å². The van der Waals surface area contributed by atoms with E-state index in [9.17, 15) is 9.59 Å². The van der Waals surface area contributed by atoms with Crippen molar-refractivity contribution < 1.29 is 9.59 Å². The third-order valence-electron chi connectivity index (χ3n) is 6.36. The molecule has 1 amide bonds. The number of amides is 1. The van der Waals surface area contributed by atoms with E-state index in [0.29, 0.717) is 18.0 Å². The van der Waals surface area contributed by atoms with Crippen molar-refractivity contribution in [1.82, 2.24) is 19.9 Å². The fraction of sp³-hybridized carbons (Fsp3) is 0.409. The second-order valence-corrected chi connectivity index (χ2v) is 7.97. The number of carbonyl (C=O) groups is 2. The molecule has 28 heavy (non-hydrogen) atoms. The van der Waals surface area contributed by atoms with Gasteiger partial charge in [-0.1, -0.05) is 0 Å². The summed E-state index contributed by atoms with van der Waals surface area (Å²) in [4.78, 5) is 38.2. The number of aromatic nitrogens is 3. The number of pyridine rings is 1. The predicted molar refractivity (Wildman–Crippen MR) is 107 cm³/mol. The van der Waals surface area contributed by atoms with Crippen LogP contribution in [0.3, 0.4) is 0 Å². The highest BCUT2D eigenvalue weighted by Crippen LogP contribution is 2.34. The van der Waals surface area contributed by atoms with Gasteiger partial charge in [0.05, 0.1) is 0 Å². The Bertz CT molecular complexity index is 1070. The first kappa shape index (κ1) is 17.2. The highest BCUT2D eigenvalue weighted by atomic mass is 16.2. The number of aromatic amines is 2. The largest absolute Gasteiger partial charge is 0.354 e. The molecule has 0 bridgehead atoms. The summed E-state index contributed by atoms with van der Waals surface area (Å²) in [6.07, 6.45) is 8.04. The Morgan fingerprint density at radius 1 is 1.25 bits per heavy atom. The molecule has 0 unspecified atom stereocenters. The van der Waals surface area contributed by atoms with E-state index < -0.39 is 0 Å². The minimum Gasteiger partial charge on any atom is -0.354 e. The molecule has 3 aromatic heterocycles. The van der Waals surface area contributed by atoms with Gasteiger partial charge in [0.1, 0.15) is 11.3 Å². The van der Waals surface area contributed by atoms with Crippen LogP contribution in [0.15, 0.2) is 24.5 Å². The topological polar surface area (TPSA) is 81.8 Å². The van der Waals surface area contributed by atoms with E-state index in [0.717, 1.165) is 61.2 Å². The van der Waals surface area contributed by atoms with Crippen molar-refractivity contribution in [3.63, 3.8) is 0 Å². The Kier molecular flexibility index (Phi) is 4.07. The van der Waals surface area contributed by atoms with Crippen LogP contribution in [0.2, 0.25) is 0 Å². The van der Waals surface area contributed by atoms with Gasteiger partial charge >= 0.3 is 0 Å². The van der Waals surface area contributed by atoms with Crippen LogP contribution in [0, 0.1) is 6.92 Å². The lowest BCUT2D eigenvalue weighted by Gasteiger charge is -2.32. The highest BCUT2D eigenvalue weighted by molar-refractivity contribution is 6.04. The molecule has 1 aliphatic carbocycles. The quantitative estimate of drug-likeness (QED) is 0.715. The van der Waals surface area contributed by atoms with Gasteiger partial charge in [0.25, 0.3) is 5.91 Å². The highest BCUT2D eigenvalue weighted by Gasteiger charge is 2.31. The number of nitrogens with zero attached hydrogens (tertiary/aromatic N) is 2. The molecule has 0 aromatic carbocycles. The molecule has 0 spiro atoms. The minimum atomic E-state index is 0.0266. The van der Waals surface area contributed by atoms with Crippen LogP contribution < -0.4 is 0 Å². The van der Waals surface area contributed by atoms with Crippen molar-refractivity contribution in [2.45, 2.75) is 44.9 Å². The molecule has 2 N–H and O–H groups in total. The number of piperidine rings is 1. The second kappa shape index (κ2) is 6.62. The number of likely N-dealkylation sites (tertiary alicyclic amines) is 1. The number of fused-ring (bicyclic) bond motifs is 2. The molecule has 0 radical (unpaired) electrons. The molecule has 0 atom stereocenters. The summed E-state index contributed by atoms with van der Waals surface area (Å²) < 4.78 is 0. The summed E-state index contributed by atoms with van der Waals surface area (Å²) in [5.74, 6) is 0.626. The van der Waals surface area contributed by atoms with Crippen molar-refractivity contribution in [2.75, 3.05) is 13.1 Å². The molecule has 6 nitrogen and oxygen atoms in total. The fourth-order valence-electron chi connectivity index (χ4n) is 4.85. The maximum absolute atomic E-state index is 13.1. The van der Waals surface area contributed by atoms with Gasteiger partial charge in [-0.2, -0.15) is 0 Å². The predicted octanol–water partition coefficient (Wildman–Crippen LogP) is 3.74. The molecule has 6 heteroatoms. The normalized spacial score (nSPS) is 17.9. The Morgan fingerprint density at radius 2 is 2.07 bits per heavy atom. The van der Waals surface area contributed by atoms with E-state index in [-0.39, 0.29) is 11.7 Å². The molecule has 144 valence electrons. The van der Waals surface area contributed by atoms with Gasteiger partial charge in [0, 0.05) is 48.5 Å². The molecule has 1 aliphatic heterocycles. The van der Waals surface area contributed by atoms with E-state index in [1.54, 1.807) is 6.20 Å². The summed E-state index contributed by atoms with van der Waals surface area (Å²) in [6, 6.07) is 4.07. The molecule has 4 heterocycles. The molecular weight excluding hydrogens is 352 g/mol. The third-order valence-corrected chi connectivity index (χ3v) is 6.36. The van der Waals surface area contributed by atoms with E-state index in [1.165, 1.54) is 10.9 Å².